The van der Waals surface area contributed by atoms with Gasteiger partial charge < -0.3 is 10.6 Å². The lowest BCUT2D eigenvalue weighted by Crippen LogP contribution is -2.33. The average molecular weight is 262 g/mol. The lowest BCUT2D eigenvalue weighted by Gasteiger charge is -2.20. The Kier molecular flexibility index (Phi) is 6.57. The fourth-order valence-corrected chi connectivity index (χ4v) is 2.03. The van der Waals surface area contributed by atoms with Gasteiger partial charge in [-0.05, 0) is 36.4 Å². The van der Waals surface area contributed by atoms with Gasteiger partial charge in [-0.25, -0.2) is 0 Å². The summed E-state index contributed by atoms with van der Waals surface area (Å²) in [4.78, 5) is 13.8. The summed E-state index contributed by atoms with van der Waals surface area (Å²) in [7, 11) is 1.86. The van der Waals surface area contributed by atoms with Crippen LogP contribution < -0.4 is 5.73 Å². The molecule has 0 bridgehead atoms. The molecule has 0 heterocycles. The van der Waals surface area contributed by atoms with E-state index in [9.17, 15) is 4.79 Å². The van der Waals surface area contributed by atoms with Crippen molar-refractivity contribution in [2.45, 2.75) is 33.1 Å². The Labute approximate surface area is 116 Å². The summed E-state index contributed by atoms with van der Waals surface area (Å²) in [5.41, 5.74) is 8.14. The van der Waals surface area contributed by atoms with Gasteiger partial charge in [-0.3, -0.25) is 4.79 Å². The second-order valence-corrected chi connectivity index (χ2v) is 5.29. The summed E-state index contributed by atoms with van der Waals surface area (Å²) in [5.74, 6) is 0.553. The average Bonchev–Trinajstić information content (AvgIpc) is 2.44. The zero-order valence-electron chi connectivity index (χ0n) is 12.4. The minimum atomic E-state index is 0.194. The Hall–Kier alpha value is -1.35. The smallest absolute Gasteiger partial charge is 0.222 e. The van der Waals surface area contributed by atoms with E-state index < -0.39 is 0 Å². The van der Waals surface area contributed by atoms with E-state index in [0.29, 0.717) is 18.9 Å². The van der Waals surface area contributed by atoms with Crippen molar-refractivity contribution < 1.29 is 4.79 Å². The van der Waals surface area contributed by atoms with Gasteiger partial charge in [0.2, 0.25) is 5.91 Å². The number of nitrogens with zero attached hydrogens (tertiary/aromatic N) is 1. The molecule has 19 heavy (non-hydrogen) atoms. The van der Waals surface area contributed by atoms with Crippen molar-refractivity contribution in [2.24, 2.45) is 11.7 Å². The molecular formula is C16H26N2O. The third-order valence-electron chi connectivity index (χ3n) is 3.47. The first-order chi connectivity index (χ1) is 9.06. The molecule has 0 radical (unpaired) electrons. The number of benzene rings is 1. The molecule has 0 aromatic heterocycles. The van der Waals surface area contributed by atoms with Gasteiger partial charge in [0.25, 0.3) is 0 Å². The second-order valence-electron chi connectivity index (χ2n) is 5.29. The quantitative estimate of drug-likeness (QED) is 0.819. The molecule has 0 aliphatic carbocycles. The molecule has 1 aromatic rings. The number of hydrogen-bond donors (Lipinski definition) is 1. The fraction of sp³-hybridized carbons (Fsp3) is 0.562. The standard InChI is InChI=1S/C16H26N2O/c1-4-14-5-7-15(8-6-14)9-10-16(19)18(3)12-13(2)11-17/h5-8,13H,4,9-12,17H2,1-3H3. The number of hydrogen-bond acceptors (Lipinski definition) is 2. The first-order valence-corrected chi connectivity index (χ1v) is 7.08. The molecule has 0 fully saturated rings. The molecule has 1 unspecified atom stereocenters. The highest BCUT2D eigenvalue weighted by molar-refractivity contribution is 5.76. The van der Waals surface area contributed by atoms with E-state index in [2.05, 4.69) is 38.1 Å². The first kappa shape index (κ1) is 15.7. The van der Waals surface area contributed by atoms with Gasteiger partial charge in [-0.2, -0.15) is 0 Å². The van der Waals surface area contributed by atoms with E-state index in [1.54, 1.807) is 4.90 Å². The highest BCUT2D eigenvalue weighted by atomic mass is 16.2. The van der Waals surface area contributed by atoms with Crippen LogP contribution >= 0.6 is 0 Å². The van der Waals surface area contributed by atoms with E-state index in [4.69, 9.17) is 5.73 Å². The van der Waals surface area contributed by atoms with Crippen LogP contribution in [0.2, 0.25) is 0 Å². The van der Waals surface area contributed by atoms with Gasteiger partial charge in [-0.15, -0.1) is 0 Å². The first-order valence-electron chi connectivity index (χ1n) is 7.08. The largest absolute Gasteiger partial charge is 0.345 e. The number of carbonyl (C=O) groups excluding carboxylic acids is 1. The molecule has 106 valence electrons. The number of aryl methyl sites for hydroxylation is 2. The predicted octanol–water partition coefficient (Wildman–Crippen LogP) is 2.23. The zero-order valence-corrected chi connectivity index (χ0v) is 12.4. The highest BCUT2D eigenvalue weighted by Crippen LogP contribution is 2.08. The Morgan fingerprint density at radius 2 is 1.84 bits per heavy atom. The van der Waals surface area contributed by atoms with Crippen LogP contribution in [0.5, 0.6) is 0 Å². The van der Waals surface area contributed by atoms with Gasteiger partial charge in [0.1, 0.15) is 0 Å². The third-order valence-corrected chi connectivity index (χ3v) is 3.47. The maximum Gasteiger partial charge on any atom is 0.222 e. The van der Waals surface area contributed by atoms with E-state index in [-0.39, 0.29) is 5.91 Å². The summed E-state index contributed by atoms with van der Waals surface area (Å²) in [5, 5.41) is 0. The Bertz CT molecular complexity index is 386. The number of amides is 1. The lowest BCUT2D eigenvalue weighted by atomic mass is 10.1. The Morgan fingerprint density at radius 3 is 2.37 bits per heavy atom. The topological polar surface area (TPSA) is 46.3 Å². The number of nitrogens with two attached hydrogens (primary N) is 1. The third kappa shape index (κ3) is 5.43. The van der Waals surface area contributed by atoms with Crippen molar-refractivity contribution in [1.82, 2.24) is 4.90 Å². The van der Waals surface area contributed by atoms with Crippen molar-refractivity contribution in [3.05, 3.63) is 35.4 Å². The van der Waals surface area contributed by atoms with Crippen molar-refractivity contribution in [3.8, 4) is 0 Å². The van der Waals surface area contributed by atoms with Gasteiger partial charge in [0, 0.05) is 20.0 Å². The number of carbonyl (C=O) groups is 1. The molecule has 2 N–H and O–H groups in total. The summed E-state index contributed by atoms with van der Waals surface area (Å²) in [6, 6.07) is 8.52. The Balaban J connectivity index is 2.40. The van der Waals surface area contributed by atoms with Gasteiger partial charge in [-0.1, -0.05) is 38.1 Å². The Morgan fingerprint density at radius 1 is 1.26 bits per heavy atom. The maximum absolute atomic E-state index is 12.0. The van der Waals surface area contributed by atoms with Gasteiger partial charge in [0.15, 0.2) is 0 Å². The van der Waals surface area contributed by atoms with Crippen LogP contribution in [0.4, 0.5) is 0 Å². The second kappa shape index (κ2) is 7.95. The normalized spacial score (nSPS) is 12.2. The minimum Gasteiger partial charge on any atom is -0.345 e. The molecule has 3 heteroatoms. The van der Waals surface area contributed by atoms with Gasteiger partial charge in [0.05, 0.1) is 0 Å². The van der Waals surface area contributed by atoms with Crippen molar-refractivity contribution in [1.29, 1.82) is 0 Å². The maximum atomic E-state index is 12.0. The monoisotopic (exact) mass is 262 g/mol. The van der Waals surface area contributed by atoms with Crippen LogP contribution in [0.15, 0.2) is 24.3 Å². The minimum absolute atomic E-state index is 0.194. The molecule has 3 nitrogen and oxygen atoms in total. The number of rotatable bonds is 7. The van der Waals surface area contributed by atoms with E-state index >= 15 is 0 Å². The summed E-state index contributed by atoms with van der Waals surface area (Å²) < 4.78 is 0. The molecule has 0 spiro atoms. The van der Waals surface area contributed by atoms with Crippen LogP contribution in [0.1, 0.15) is 31.4 Å². The summed E-state index contributed by atoms with van der Waals surface area (Å²) in [6.07, 6.45) is 2.43. The predicted molar refractivity (Wildman–Crippen MR) is 80.0 cm³/mol. The van der Waals surface area contributed by atoms with E-state index in [0.717, 1.165) is 19.4 Å². The fourth-order valence-electron chi connectivity index (χ4n) is 2.03. The zero-order chi connectivity index (χ0) is 14.3. The molecule has 1 rings (SSSR count). The lowest BCUT2D eigenvalue weighted by molar-refractivity contribution is -0.130. The summed E-state index contributed by atoms with van der Waals surface area (Å²) >= 11 is 0. The highest BCUT2D eigenvalue weighted by Gasteiger charge is 2.11. The van der Waals surface area contributed by atoms with Crippen LogP contribution in [0.25, 0.3) is 0 Å². The molecule has 1 amide bonds. The molecule has 1 atom stereocenters. The molecule has 0 saturated carbocycles. The molecule has 1 aromatic carbocycles. The molecule has 0 aliphatic rings. The molecule has 0 saturated heterocycles. The van der Waals surface area contributed by atoms with Crippen molar-refractivity contribution in [2.75, 3.05) is 20.1 Å². The molecular weight excluding hydrogens is 236 g/mol. The van der Waals surface area contributed by atoms with Crippen LogP contribution in [-0.2, 0) is 17.6 Å². The summed E-state index contributed by atoms with van der Waals surface area (Å²) in [6.45, 7) is 5.57. The molecule has 0 aliphatic heterocycles. The van der Waals surface area contributed by atoms with E-state index in [1.807, 2.05) is 7.05 Å². The van der Waals surface area contributed by atoms with E-state index in [1.165, 1.54) is 11.1 Å². The SMILES string of the molecule is CCc1ccc(CCC(=O)N(C)CC(C)CN)cc1. The van der Waals surface area contributed by atoms with Crippen LogP contribution in [0, 0.1) is 5.92 Å². The van der Waals surface area contributed by atoms with Crippen LogP contribution in [-0.4, -0.2) is 30.9 Å². The van der Waals surface area contributed by atoms with Gasteiger partial charge >= 0.3 is 0 Å². The van der Waals surface area contributed by atoms with Crippen molar-refractivity contribution >= 4 is 5.91 Å². The van der Waals surface area contributed by atoms with Crippen LogP contribution in [0.3, 0.4) is 0 Å². The van der Waals surface area contributed by atoms with Crippen molar-refractivity contribution in [3.63, 3.8) is 0 Å².